The Hall–Kier alpha value is -2.17. The van der Waals surface area contributed by atoms with E-state index in [4.69, 9.17) is 4.74 Å². The van der Waals surface area contributed by atoms with Crippen LogP contribution in [0.1, 0.15) is 31.0 Å². The molecule has 0 aliphatic carbocycles. The quantitative estimate of drug-likeness (QED) is 0.911. The van der Waals surface area contributed by atoms with Crippen molar-refractivity contribution in [1.82, 2.24) is 10.2 Å². The van der Waals surface area contributed by atoms with Gasteiger partial charge >= 0.3 is 0 Å². The molecule has 132 valence electrons. The van der Waals surface area contributed by atoms with Crippen LogP contribution in [0.3, 0.4) is 0 Å². The third-order valence-electron chi connectivity index (χ3n) is 4.43. The summed E-state index contributed by atoms with van der Waals surface area (Å²) in [7, 11) is 0. The van der Waals surface area contributed by atoms with Crippen LogP contribution in [0.5, 0.6) is 0 Å². The van der Waals surface area contributed by atoms with E-state index in [1.54, 1.807) is 0 Å². The van der Waals surface area contributed by atoms with Crippen molar-refractivity contribution in [3.63, 3.8) is 0 Å². The van der Waals surface area contributed by atoms with E-state index in [2.05, 4.69) is 48.3 Å². The van der Waals surface area contributed by atoms with Crippen molar-refractivity contribution in [3.8, 4) is 0 Å². The van der Waals surface area contributed by atoms with Crippen molar-refractivity contribution in [2.24, 2.45) is 0 Å². The van der Waals surface area contributed by atoms with E-state index < -0.39 is 0 Å². The molecule has 0 radical (unpaired) electrons. The van der Waals surface area contributed by atoms with Gasteiger partial charge in [0.05, 0.1) is 24.8 Å². The summed E-state index contributed by atoms with van der Waals surface area (Å²) in [6.45, 7) is 6.08. The van der Waals surface area contributed by atoms with Crippen LogP contribution in [-0.2, 0) is 9.53 Å². The van der Waals surface area contributed by atoms with Gasteiger partial charge in [-0.1, -0.05) is 60.7 Å². The Balaban J connectivity index is 1.71. The molecule has 1 fully saturated rings. The van der Waals surface area contributed by atoms with Gasteiger partial charge in [-0.3, -0.25) is 9.69 Å². The molecule has 3 rings (SSSR count). The zero-order valence-corrected chi connectivity index (χ0v) is 14.9. The van der Waals surface area contributed by atoms with Crippen molar-refractivity contribution in [2.45, 2.75) is 32.1 Å². The topological polar surface area (TPSA) is 41.6 Å². The normalized spacial score (nSPS) is 21.2. The lowest BCUT2D eigenvalue weighted by Gasteiger charge is -2.35. The third-order valence-corrected chi connectivity index (χ3v) is 4.43. The fraction of sp³-hybridized carbons (Fsp3) is 0.381. The van der Waals surface area contributed by atoms with Crippen LogP contribution in [0.15, 0.2) is 60.7 Å². The largest absolute Gasteiger partial charge is 0.373 e. The fourth-order valence-electron chi connectivity index (χ4n) is 3.47. The van der Waals surface area contributed by atoms with E-state index >= 15 is 0 Å². The Labute approximate surface area is 149 Å². The Kier molecular flexibility index (Phi) is 5.84. The van der Waals surface area contributed by atoms with Gasteiger partial charge in [-0.2, -0.15) is 0 Å². The van der Waals surface area contributed by atoms with Gasteiger partial charge in [0.1, 0.15) is 0 Å². The van der Waals surface area contributed by atoms with Crippen LogP contribution in [0.2, 0.25) is 0 Å². The molecule has 0 spiro atoms. The van der Waals surface area contributed by atoms with E-state index in [1.807, 2.05) is 36.4 Å². The predicted molar refractivity (Wildman–Crippen MR) is 99.3 cm³/mol. The van der Waals surface area contributed by atoms with Gasteiger partial charge in [0, 0.05) is 13.1 Å². The van der Waals surface area contributed by atoms with Gasteiger partial charge < -0.3 is 10.1 Å². The number of carbonyl (C=O) groups is 1. The second kappa shape index (κ2) is 8.28. The van der Waals surface area contributed by atoms with E-state index in [9.17, 15) is 4.79 Å². The van der Waals surface area contributed by atoms with Gasteiger partial charge in [-0.05, 0) is 25.0 Å². The molecule has 0 aromatic heterocycles. The van der Waals surface area contributed by atoms with Gasteiger partial charge in [-0.25, -0.2) is 0 Å². The van der Waals surface area contributed by atoms with Gasteiger partial charge in [0.25, 0.3) is 0 Å². The van der Waals surface area contributed by atoms with Crippen molar-refractivity contribution < 1.29 is 9.53 Å². The van der Waals surface area contributed by atoms with Crippen LogP contribution in [0.25, 0.3) is 0 Å². The number of ether oxygens (including phenoxy) is 1. The van der Waals surface area contributed by atoms with Crippen molar-refractivity contribution in [3.05, 3.63) is 71.8 Å². The summed E-state index contributed by atoms with van der Waals surface area (Å²) >= 11 is 0. The molecule has 1 aliphatic rings. The van der Waals surface area contributed by atoms with Crippen molar-refractivity contribution >= 4 is 5.91 Å². The van der Waals surface area contributed by atoms with Gasteiger partial charge in [0.2, 0.25) is 5.91 Å². The smallest absolute Gasteiger partial charge is 0.234 e. The lowest BCUT2D eigenvalue weighted by molar-refractivity contribution is -0.126. The molecule has 2 aromatic carbocycles. The number of morpholine rings is 1. The third kappa shape index (κ3) is 4.91. The first-order chi connectivity index (χ1) is 12.1. The fourth-order valence-corrected chi connectivity index (χ4v) is 3.47. The maximum Gasteiger partial charge on any atom is 0.234 e. The summed E-state index contributed by atoms with van der Waals surface area (Å²) < 4.78 is 5.74. The molecule has 1 N–H and O–H groups in total. The molecular weight excluding hydrogens is 312 g/mol. The minimum atomic E-state index is -0.134. The molecule has 4 nitrogen and oxygen atoms in total. The average molecular weight is 338 g/mol. The number of hydrogen-bond acceptors (Lipinski definition) is 3. The van der Waals surface area contributed by atoms with E-state index in [-0.39, 0.29) is 24.2 Å². The first-order valence-electron chi connectivity index (χ1n) is 8.89. The summed E-state index contributed by atoms with van der Waals surface area (Å²) in [5.74, 6) is 0.0407. The number of carbonyl (C=O) groups excluding carboxylic acids is 1. The number of amides is 1. The number of rotatable bonds is 5. The van der Waals surface area contributed by atoms with E-state index in [1.165, 1.54) is 0 Å². The van der Waals surface area contributed by atoms with Crippen molar-refractivity contribution in [1.29, 1.82) is 0 Å². The molecule has 1 saturated heterocycles. The molecule has 0 unspecified atom stereocenters. The zero-order chi connectivity index (χ0) is 17.6. The van der Waals surface area contributed by atoms with Crippen molar-refractivity contribution in [2.75, 3.05) is 19.6 Å². The molecule has 1 amide bonds. The number of benzene rings is 2. The highest BCUT2D eigenvalue weighted by Gasteiger charge is 2.25. The Morgan fingerprint density at radius 1 is 1.00 bits per heavy atom. The first kappa shape index (κ1) is 17.6. The first-order valence-corrected chi connectivity index (χ1v) is 8.89. The zero-order valence-electron chi connectivity index (χ0n) is 14.9. The number of hydrogen-bond donors (Lipinski definition) is 1. The molecule has 0 bridgehead atoms. The van der Waals surface area contributed by atoms with E-state index in [0.717, 1.165) is 24.2 Å². The molecule has 2 atom stereocenters. The van der Waals surface area contributed by atoms with Crippen LogP contribution in [-0.4, -0.2) is 42.6 Å². The van der Waals surface area contributed by atoms with Gasteiger partial charge in [-0.15, -0.1) is 0 Å². The summed E-state index contributed by atoms with van der Waals surface area (Å²) in [6, 6.07) is 20.1. The molecule has 1 aliphatic heterocycles. The summed E-state index contributed by atoms with van der Waals surface area (Å²) in [6.07, 6.45) is 0.325. The van der Waals surface area contributed by atoms with E-state index in [0.29, 0.717) is 6.54 Å². The average Bonchev–Trinajstić information content (AvgIpc) is 2.60. The Morgan fingerprint density at radius 2 is 1.48 bits per heavy atom. The summed E-state index contributed by atoms with van der Waals surface area (Å²) in [4.78, 5) is 14.9. The minimum absolute atomic E-state index is 0.0407. The maximum absolute atomic E-state index is 12.7. The summed E-state index contributed by atoms with van der Waals surface area (Å²) in [5, 5.41) is 3.21. The molecular formula is C21H26N2O2. The second-order valence-electron chi connectivity index (χ2n) is 6.77. The number of nitrogens with zero attached hydrogens (tertiary/aromatic N) is 1. The lowest BCUT2D eigenvalue weighted by atomic mass is 9.98. The van der Waals surface area contributed by atoms with Gasteiger partial charge in [0.15, 0.2) is 0 Å². The molecule has 25 heavy (non-hydrogen) atoms. The predicted octanol–water partition coefficient (Wildman–Crippen LogP) is 3.00. The Morgan fingerprint density at radius 3 is 1.96 bits per heavy atom. The summed E-state index contributed by atoms with van der Waals surface area (Å²) in [5.41, 5.74) is 2.18. The molecule has 2 aromatic rings. The van der Waals surface area contributed by atoms with Crippen LogP contribution in [0, 0.1) is 0 Å². The highest BCUT2D eigenvalue weighted by atomic mass is 16.5. The molecule has 0 saturated carbocycles. The van der Waals surface area contributed by atoms with Crippen LogP contribution in [0.4, 0.5) is 0 Å². The lowest BCUT2D eigenvalue weighted by Crippen LogP contribution is -2.49. The Bertz CT molecular complexity index is 625. The van der Waals surface area contributed by atoms with Crippen LogP contribution >= 0.6 is 0 Å². The second-order valence-corrected chi connectivity index (χ2v) is 6.77. The standard InChI is InChI=1S/C21H26N2O2/c1-16-13-23(14-17(2)25-16)15-20(24)22-21(18-9-5-3-6-10-18)19-11-7-4-8-12-19/h3-12,16-17,21H,13-15H2,1-2H3,(H,22,24)/t16-,17-/m0/s1. The number of nitrogens with one attached hydrogen (secondary N) is 1. The SMILES string of the molecule is C[C@H]1CN(CC(=O)NC(c2ccccc2)c2ccccc2)C[C@H](C)O1. The molecule has 1 heterocycles. The maximum atomic E-state index is 12.7. The highest BCUT2D eigenvalue weighted by Crippen LogP contribution is 2.21. The highest BCUT2D eigenvalue weighted by molar-refractivity contribution is 5.79. The molecule has 4 heteroatoms. The monoisotopic (exact) mass is 338 g/mol. The van der Waals surface area contributed by atoms with Crippen LogP contribution < -0.4 is 5.32 Å². The minimum Gasteiger partial charge on any atom is -0.373 e.